The van der Waals surface area contributed by atoms with Crippen LogP contribution in [0.1, 0.15) is 0 Å². The van der Waals surface area contributed by atoms with Crippen LogP contribution >= 0.6 is 0 Å². The fourth-order valence-electron chi connectivity index (χ4n) is 1.67. The molecule has 0 bridgehead atoms. The predicted molar refractivity (Wildman–Crippen MR) is 58.7 cm³/mol. The Morgan fingerprint density at radius 1 is 1.44 bits per heavy atom. The Balaban J connectivity index is 2.03. The number of hydrogen-bond acceptors (Lipinski definition) is 6. The van der Waals surface area contributed by atoms with Crippen LogP contribution in [0.15, 0.2) is 24.3 Å². The Bertz CT molecular complexity index is 600. The fourth-order valence-corrected chi connectivity index (χ4v) is 1.67. The smallest absolute Gasteiger partial charge is 0.535 e. The van der Waals surface area contributed by atoms with E-state index in [9.17, 15) is 15.5 Å². The van der Waals surface area contributed by atoms with Crippen molar-refractivity contribution in [3.63, 3.8) is 0 Å². The maximum atomic E-state index is 12.0. The van der Waals surface area contributed by atoms with E-state index in [1.165, 1.54) is 12.1 Å². The number of para-hydroxylation sites is 2. The van der Waals surface area contributed by atoms with Crippen LogP contribution in [0.5, 0.6) is 0 Å². The third-order valence-electron chi connectivity index (χ3n) is 2.71. The summed E-state index contributed by atoms with van der Waals surface area (Å²) >= 11 is 0. The third-order valence-corrected chi connectivity index (χ3v) is 2.71. The molecule has 1 fully saturated rings. The Morgan fingerprint density at radius 3 is 2.78 bits per heavy atom. The first-order chi connectivity index (χ1) is 8.60. The van der Waals surface area contributed by atoms with Gasteiger partial charge in [-0.25, -0.2) is 0 Å². The summed E-state index contributed by atoms with van der Waals surface area (Å²) in [5.41, 5.74) is 2.05. The molecule has 1 aromatic carbocycles. The second-order valence-corrected chi connectivity index (χ2v) is 4.06. The van der Waals surface area contributed by atoms with Crippen LogP contribution in [0.25, 0.3) is 0 Å². The molecule has 0 saturated carbocycles. The van der Waals surface area contributed by atoms with Gasteiger partial charge in [-0.2, -0.15) is 0 Å². The van der Waals surface area contributed by atoms with Crippen molar-refractivity contribution in [2.75, 3.05) is 13.2 Å². The van der Waals surface area contributed by atoms with Crippen LogP contribution in [-0.2, 0) is 9.47 Å². The number of hydroxylamine groups is 1. The zero-order chi connectivity index (χ0) is 12.8. The summed E-state index contributed by atoms with van der Waals surface area (Å²) in [7, 11) is 0. The number of hydrazine groups is 1. The van der Waals surface area contributed by atoms with Crippen molar-refractivity contribution in [1.82, 2.24) is 15.0 Å². The lowest BCUT2D eigenvalue weighted by molar-refractivity contribution is -0.265. The normalized spacial score (nSPS) is 29.7. The zero-order valence-corrected chi connectivity index (χ0v) is 9.28. The summed E-state index contributed by atoms with van der Waals surface area (Å²) in [4.78, 5) is 0.303. The minimum absolute atomic E-state index is 0.0260. The van der Waals surface area contributed by atoms with Crippen molar-refractivity contribution in [1.29, 1.82) is 0 Å². The van der Waals surface area contributed by atoms with Gasteiger partial charge >= 0.3 is 11.4 Å². The number of nitrogens with zero attached hydrogens (tertiary/aromatic N) is 2. The maximum absolute atomic E-state index is 12.0. The van der Waals surface area contributed by atoms with Gasteiger partial charge in [0, 0.05) is 12.1 Å². The minimum Gasteiger partial charge on any atom is -0.618 e. The van der Waals surface area contributed by atoms with Gasteiger partial charge in [-0.3, -0.25) is 9.84 Å². The maximum Gasteiger partial charge on any atom is 0.535 e. The average Bonchev–Trinajstić information content (AvgIpc) is 3.18. The van der Waals surface area contributed by atoms with Gasteiger partial charge in [0.15, 0.2) is 0 Å². The number of ether oxygens (including phenoxy) is 2. The number of epoxide rings is 1. The number of benzene rings is 1. The van der Waals surface area contributed by atoms with E-state index in [-0.39, 0.29) is 28.2 Å². The molecule has 0 aliphatic carbocycles. The van der Waals surface area contributed by atoms with Crippen molar-refractivity contribution in [2.24, 2.45) is 0 Å². The van der Waals surface area contributed by atoms with E-state index in [4.69, 9.17) is 9.47 Å². The molecule has 8 nitrogen and oxygen atoms in total. The molecule has 2 unspecified atom stereocenters. The van der Waals surface area contributed by atoms with E-state index >= 15 is 0 Å². The average molecular weight is 253 g/mol. The van der Waals surface area contributed by atoms with Crippen LogP contribution in [0.2, 0.25) is 0 Å². The number of aliphatic hydroxyl groups is 1. The first-order valence-electron chi connectivity index (χ1n) is 5.39. The van der Waals surface area contributed by atoms with Gasteiger partial charge in [0.2, 0.25) is 0 Å². The highest BCUT2D eigenvalue weighted by molar-refractivity contribution is 5.04. The molecule has 18 heavy (non-hydrogen) atoms. The molecule has 0 radical (unpaired) electrons. The molecule has 2 aliphatic heterocycles. The second kappa shape index (κ2) is 3.80. The molecule has 8 heteroatoms. The topological polar surface area (TPSA) is 106 Å². The standard InChI is InChI=1S/C10H11N3O5/c14-10(18-6-7-5-17-7)11-13(16)9-4-2-1-3-8(9)12(10)15/h1-4,7,11,14H,5-6H2. The van der Waals surface area contributed by atoms with Crippen molar-refractivity contribution >= 4 is 0 Å². The van der Waals surface area contributed by atoms with Gasteiger partial charge in [0.25, 0.3) is 5.36 Å². The number of fused-ring (bicyclic) bond motifs is 1. The largest absolute Gasteiger partial charge is 0.618 e. The van der Waals surface area contributed by atoms with Crippen LogP contribution in [-0.4, -0.2) is 30.5 Å². The summed E-state index contributed by atoms with van der Waals surface area (Å²) in [5, 5.41) is 33.8. The number of nitrogens with one attached hydrogen (secondary N) is 1. The lowest BCUT2D eigenvalue weighted by Gasteiger charge is -2.25. The van der Waals surface area contributed by atoms with Crippen molar-refractivity contribution in [3.8, 4) is 0 Å². The Morgan fingerprint density at radius 2 is 2.11 bits per heavy atom. The summed E-state index contributed by atoms with van der Waals surface area (Å²) < 4.78 is 10.1. The zero-order valence-electron chi connectivity index (χ0n) is 9.28. The van der Waals surface area contributed by atoms with Crippen LogP contribution in [0.4, 0.5) is 0 Å². The van der Waals surface area contributed by atoms with Crippen molar-refractivity contribution in [3.05, 3.63) is 45.4 Å². The Hall–Kier alpha value is -1.90. The highest BCUT2D eigenvalue weighted by Gasteiger charge is 2.47. The molecule has 0 amide bonds. The molecule has 3 rings (SSSR count). The molecule has 2 heterocycles. The molecule has 2 aliphatic rings. The van der Waals surface area contributed by atoms with Crippen LogP contribution < -0.4 is 25.7 Å². The molecule has 0 spiro atoms. The molecular formula is C10H11N3O5. The molecule has 96 valence electrons. The first kappa shape index (κ1) is 11.2. The lowest BCUT2D eigenvalue weighted by Crippen LogP contribution is -2.71. The van der Waals surface area contributed by atoms with Gasteiger partial charge in [-0.1, -0.05) is 22.4 Å². The van der Waals surface area contributed by atoms with E-state index in [2.05, 4.69) is 5.43 Å². The van der Waals surface area contributed by atoms with Crippen LogP contribution in [0, 0.1) is 10.4 Å². The predicted octanol–water partition coefficient (Wildman–Crippen LogP) is -2.80. The molecule has 1 aromatic rings. The van der Waals surface area contributed by atoms with Gasteiger partial charge in [-0.05, 0) is 0 Å². The monoisotopic (exact) mass is 253 g/mol. The van der Waals surface area contributed by atoms with E-state index < -0.39 is 6.03 Å². The summed E-state index contributed by atoms with van der Waals surface area (Å²) in [6.45, 7) is 0.546. The van der Waals surface area contributed by atoms with Crippen molar-refractivity contribution in [2.45, 2.75) is 12.1 Å². The van der Waals surface area contributed by atoms with E-state index in [0.29, 0.717) is 11.5 Å². The first-order valence-corrected chi connectivity index (χ1v) is 5.39. The van der Waals surface area contributed by atoms with Gasteiger partial charge in [0.05, 0.1) is 13.2 Å². The third kappa shape index (κ3) is 1.76. The lowest BCUT2D eigenvalue weighted by atomic mass is 10.3. The quantitative estimate of drug-likeness (QED) is 0.261. The van der Waals surface area contributed by atoms with E-state index in [1.54, 1.807) is 12.1 Å². The SMILES string of the molecule is [O-][N+]1=c2ccccc2=[N+]([O-])C(O)(OCC2CO2)N1. The minimum atomic E-state index is -2.41. The molecule has 1 saturated heterocycles. The fraction of sp³-hybridized carbons (Fsp3) is 0.400. The van der Waals surface area contributed by atoms with Crippen molar-refractivity contribution < 1.29 is 14.6 Å². The summed E-state index contributed by atoms with van der Waals surface area (Å²) in [6, 6.07) is 3.68. The number of hydrogen-bond donors (Lipinski definition) is 2. The summed E-state index contributed by atoms with van der Waals surface area (Å²) in [6.07, 6.45) is -0.138. The number of rotatable bonds is 3. The van der Waals surface area contributed by atoms with Gasteiger partial charge < -0.3 is 15.2 Å². The highest BCUT2D eigenvalue weighted by Crippen LogP contribution is 2.12. The van der Waals surface area contributed by atoms with Gasteiger partial charge in [-0.15, -0.1) is 4.74 Å². The van der Waals surface area contributed by atoms with Crippen LogP contribution in [0.3, 0.4) is 0 Å². The Labute approximate surface area is 101 Å². The second-order valence-electron chi connectivity index (χ2n) is 4.06. The molecular weight excluding hydrogens is 242 g/mol. The highest BCUT2D eigenvalue weighted by atomic mass is 16.7. The Kier molecular flexibility index (Phi) is 2.37. The van der Waals surface area contributed by atoms with E-state index in [1.807, 2.05) is 0 Å². The van der Waals surface area contributed by atoms with Gasteiger partial charge in [0.1, 0.15) is 6.10 Å². The molecule has 0 aromatic heterocycles. The van der Waals surface area contributed by atoms with E-state index in [0.717, 1.165) is 0 Å². The molecule has 2 N–H and O–H groups in total. The summed E-state index contributed by atoms with van der Waals surface area (Å²) in [5.74, 6) is 0. The molecule has 2 atom stereocenters.